The van der Waals surface area contributed by atoms with Crippen LogP contribution in [0.4, 0.5) is 0 Å². The number of rotatable bonds is 8. The number of nitrogens with zero attached hydrogens (tertiary/aromatic N) is 2. The van der Waals surface area contributed by atoms with E-state index in [1.807, 2.05) is 6.07 Å². The van der Waals surface area contributed by atoms with Crippen molar-refractivity contribution in [3.63, 3.8) is 0 Å². The summed E-state index contributed by atoms with van der Waals surface area (Å²) in [5.74, 6) is -0.750. The Morgan fingerprint density at radius 2 is 1.53 bits per heavy atom. The van der Waals surface area contributed by atoms with Crippen molar-refractivity contribution in [3.05, 3.63) is 92.6 Å². The fraction of sp³-hybridized carbons (Fsp3) is 0.148. The molecule has 0 N–H and O–H groups in total. The van der Waals surface area contributed by atoms with Gasteiger partial charge in [-0.3, -0.25) is 0 Å². The van der Waals surface area contributed by atoms with Crippen LogP contribution in [0.3, 0.4) is 0 Å². The van der Waals surface area contributed by atoms with Crippen molar-refractivity contribution in [2.45, 2.75) is 6.61 Å². The molecule has 0 atom stereocenters. The van der Waals surface area contributed by atoms with Crippen LogP contribution in [0.1, 0.15) is 26.4 Å². The molecule has 0 fully saturated rings. The van der Waals surface area contributed by atoms with Gasteiger partial charge in [-0.15, -0.1) is 0 Å². The van der Waals surface area contributed by atoms with Crippen LogP contribution in [0.25, 0.3) is 16.9 Å². The van der Waals surface area contributed by atoms with Crippen molar-refractivity contribution in [2.75, 3.05) is 21.3 Å². The van der Waals surface area contributed by atoms with Crippen LogP contribution >= 0.6 is 34.8 Å². The molecule has 0 bridgehead atoms. The average Bonchev–Trinajstić information content (AvgIpc) is 3.32. The molecule has 38 heavy (non-hydrogen) atoms. The minimum Gasteiger partial charge on any atom is -0.496 e. The molecule has 4 aromatic rings. The van der Waals surface area contributed by atoms with Gasteiger partial charge in [0, 0.05) is 16.1 Å². The van der Waals surface area contributed by atoms with Gasteiger partial charge in [-0.2, -0.15) is 5.10 Å². The molecule has 0 spiro atoms. The fourth-order valence-electron chi connectivity index (χ4n) is 3.81. The Kier molecular flexibility index (Phi) is 8.46. The lowest BCUT2D eigenvalue weighted by molar-refractivity contribution is 0.0549. The number of hydrogen-bond donors (Lipinski definition) is 0. The van der Waals surface area contributed by atoms with Crippen LogP contribution in [0.15, 0.2) is 60.7 Å². The van der Waals surface area contributed by atoms with Crippen LogP contribution in [-0.2, 0) is 16.1 Å². The van der Waals surface area contributed by atoms with Gasteiger partial charge in [-0.1, -0.05) is 53.0 Å². The van der Waals surface area contributed by atoms with E-state index in [1.54, 1.807) is 42.5 Å². The maximum Gasteiger partial charge on any atom is 0.357 e. The highest BCUT2D eigenvalue weighted by molar-refractivity contribution is 6.40. The van der Waals surface area contributed by atoms with E-state index in [2.05, 4.69) is 5.10 Å². The second kappa shape index (κ2) is 11.8. The summed E-state index contributed by atoms with van der Waals surface area (Å²) in [4.78, 5) is 25.8. The number of benzene rings is 3. The standard InChI is InChI=1S/C27H21Cl3N2O6/c1-35-21-10-9-15(11-16(21)14-38-25-19(29)12-17(28)13-20(25)30)23-22(26(33)36-2)24(27(34)37-3)32(31-23)18-7-5-4-6-8-18/h4-13H,14H2,1-3H3. The Balaban J connectivity index is 1.85. The zero-order valence-electron chi connectivity index (χ0n) is 20.5. The van der Waals surface area contributed by atoms with Gasteiger partial charge >= 0.3 is 11.9 Å². The zero-order chi connectivity index (χ0) is 27.4. The minimum absolute atomic E-state index is 0.00883. The number of para-hydroxylation sites is 1. The molecule has 1 aromatic heterocycles. The first-order valence-corrected chi connectivity index (χ1v) is 12.2. The van der Waals surface area contributed by atoms with Crippen molar-refractivity contribution < 1.29 is 28.5 Å². The first-order valence-electron chi connectivity index (χ1n) is 11.1. The third kappa shape index (κ3) is 5.43. The number of aromatic nitrogens is 2. The number of halogens is 3. The second-order valence-corrected chi connectivity index (χ2v) is 9.07. The fourth-order valence-corrected chi connectivity index (χ4v) is 4.74. The molecule has 0 aliphatic heterocycles. The molecule has 0 radical (unpaired) electrons. The molecule has 0 unspecified atom stereocenters. The Morgan fingerprint density at radius 1 is 0.868 bits per heavy atom. The first kappa shape index (κ1) is 27.3. The van der Waals surface area contributed by atoms with Gasteiger partial charge < -0.3 is 18.9 Å². The minimum atomic E-state index is -0.754. The SMILES string of the molecule is COC(=O)c1c(-c2ccc(OC)c(COc3c(Cl)cc(Cl)cc3Cl)c2)nn(-c2ccccc2)c1C(=O)OC. The van der Waals surface area contributed by atoms with Gasteiger partial charge in [-0.25, -0.2) is 14.3 Å². The number of hydrogen-bond acceptors (Lipinski definition) is 7. The van der Waals surface area contributed by atoms with Crippen LogP contribution in [-0.4, -0.2) is 43.0 Å². The highest BCUT2D eigenvalue weighted by atomic mass is 35.5. The van der Waals surface area contributed by atoms with Gasteiger partial charge in [0.15, 0.2) is 11.4 Å². The second-order valence-electron chi connectivity index (χ2n) is 7.82. The van der Waals surface area contributed by atoms with Gasteiger partial charge in [0.25, 0.3) is 0 Å². The Labute approximate surface area is 233 Å². The summed E-state index contributed by atoms with van der Waals surface area (Å²) in [5, 5.41) is 5.48. The molecule has 196 valence electrons. The summed E-state index contributed by atoms with van der Waals surface area (Å²) in [6, 6.07) is 17.0. The third-order valence-electron chi connectivity index (χ3n) is 5.54. The molecule has 11 heteroatoms. The molecule has 1 heterocycles. The molecule has 8 nitrogen and oxygen atoms in total. The normalized spacial score (nSPS) is 10.7. The van der Waals surface area contributed by atoms with E-state index in [0.717, 1.165) is 0 Å². The van der Waals surface area contributed by atoms with E-state index in [0.29, 0.717) is 27.6 Å². The number of carbonyl (C=O) groups is 2. The van der Waals surface area contributed by atoms with Gasteiger partial charge in [0.05, 0.1) is 37.1 Å². The Morgan fingerprint density at radius 3 is 2.13 bits per heavy atom. The molecule has 0 amide bonds. The van der Waals surface area contributed by atoms with Crippen LogP contribution < -0.4 is 9.47 Å². The van der Waals surface area contributed by atoms with Crippen molar-refractivity contribution in [3.8, 4) is 28.4 Å². The molecule has 4 rings (SSSR count). The summed E-state index contributed by atoms with van der Waals surface area (Å²) in [7, 11) is 3.96. The highest BCUT2D eigenvalue weighted by Gasteiger charge is 2.31. The molecule has 3 aromatic carbocycles. The zero-order valence-corrected chi connectivity index (χ0v) is 22.7. The molecule has 0 aliphatic carbocycles. The van der Waals surface area contributed by atoms with Crippen molar-refractivity contribution >= 4 is 46.7 Å². The molecule has 0 aliphatic rings. The van der Waals surface area contributed by atoms with Crippen LogP contribution in [0.2, 0.25) is 15.1 Å². The Bertz CT molecular complexity index is 1480. The number of ether oxygens (including phenoxy) is 4. The van der Waals surface area contributed by atoms with Gasteiger partial charge in [0.2, 0.25) is 0 Å². The molecule has 0 saturated carbocycles. The molecular formula is C27H21Cl3N2O6. The Hall–Kier alpha value is -3.72. The molecule has 0 saturated heterocycles. The lowest BCUT2D eigenvalue weighted by Crippen LogP contribution is -2.15. The summed E-state index contributed by atoms with van der Waals surface area (Å²) in [6.45, 7) is 0.00883. The van der Waals surface area contributed by atoms with Crippen molar-refractivity contribution in [2.24, 2.45) is 0 Å². The smallest absolute Gasteiger partial charge is 0.357 e. The lowest BCUT2D eigenvalue weighted by atomic mass is 10.0. The topological polar surface area (TPSA) is 88.9 Å². The molecular weight excluding hydrogens is 555 g/mol. The van der Waals surface area contributed by atoms with Crippen molar-refractivity contribution in [1.29, 1.82) is 0 Å². The van der Waals surface area contributed by atoms with E-state index in [9.17, 15) is 9.59 Å². The summed E-state index contributed by atoms with van der Waals surface area (Å²) in [5.41, 5.74) is 1.72. The van der Waals surface area contributed by atoms with E-state index in [4.69, 9.17) is 53.8 Å². The maximum absolute atomic E-state index is 12.9. The average molecular weight is 576 g/mol. The summed E-state index contributed by atoms with van der Waals surface area (Å²) < 4.78 is 22.7. The maximum atomic E-state index is 12.9. The van der Waals surface area contributed by atoms with Gasteiger partial charge in [0.1, 0.15) is 23.6 Å². The quantitative estimate of drug-likeness (QED) is 0.217. The van der Waals surface area contributed by atoms with E-state index >= 15 is 0 Å². The predicted molar refractivity (Wildman–Crippen MR) is 144 cm³/mol. The predicted octanol–water partition coefficient (Wildman–Crippen LogP) is 6.66. The highest BCUT2D eigenvalue weighted by Crippen LogP contribution is 2.38. The van der Waals surface area contributed by atoms with Crippen LogP contribution in [0.5, 0.6) is 11.5 Å². The number of methoxy groups -OCH3 is 3. The summed E-state index contributed by atoms with van der Waals surface area (Å²) >= 11 is 18.5. The van der Waals surface area contributed by atoms with E-state index in [-0.39, 0.29) is 39.4 Å². The number of esters is 2. The monoisotopic (exact) mass is 574 g/mol. The largest absolute Gasteiger partial charge is 0.496 e. The first-order chi connectivity index (χ1) is 18.3. The van der Waals surface area contributed by atoms with Crippen LogP contribution in [0, 0.1) is 0 Å². The van der Waals surface area contributed by atoms with Gasteiger partial charge in [-0.05, 0) is 42.5 Å². The lowest BCUT2D eigenvalue weighted by Gasteiger charge is -2.14. The number of carbonyl (C=O) groups excluding carboxylic acids is 2. The van der Waals surface area contributed by atoms with E-state index < -0.39 is 11.9 Å². The third-order valence-corrected chi connectivity index (χ3v) is 6.32. The summed E-state index contributed by atoms with van der Waals surface area (Å²) in [6.07, 6.45) is 0. The van der Waals surface area contributed by atoms with Crippen molar-refractivity contribution in [1.82, 2.24) is 9.78 Å². The van der Waals surface area contributed by atoms with E-state index in [1.165, 1.54) is 38.1 Å².